The summed E-state index contributed by atoms with van der Waals surface area (Å²) in [7, 11) is 0. The zero-order valence-corrected chi connectivity index (χ0v) is 11.3. The van der Waals surface area contributed by atoms with Crippen molar-refractivity contribution in [3.63, 3.8) is 0 Å². The minimum absolute atomic E-state index is 0.0911. The molecule has 2 aromatic rings. The van der Waals surface area contributed by atoms with E-state index in [1.165, 1.54) is 5.56 Å². The summed E-state index contributed by atoms with van der Waals surface area (Å²) in [5, 5.41) is 3.53. The predicted octanol–water partition coefficient (Wildman–Crippen LogP) is 2.87. The molecule has 3 nitrogen and oxygen atoms in total. The molecule has 0 amide bonds. The highest BCUT2D eigenvalue weighted by Crippen LogP contribution is 2.26. The van der Waals surface area contributed by atoms with Crippen LogP contribution < -0.4 is 5.32 Å². The third-order valence-corrected chi connectivity index (χ3v) is 3.73. The zero-order valence-electron chi connectivity index (χ0n) is 11.3. The molecule has 1 aromatic heterocycles. The average Bonchev–Trinajstić information content (AvgIpc) is 2.90. The molecular weight excluding hydrogens is 222 g/mol. The molecule has 0 fully saturated rings. The first-order valence-corrected chi connectivity index (χ1v) is 6.38. The quantitative estimate of drug-likeness (QED) is 0.847. The molecule has 0 saturated heterocycles. The topological polar surface area (TPSA) is 40.7 Å². The van der Waals surface area contributed by atoms with Gasteiger partial charge >= 0.3 is 0 Å². The maximum Gasteiger partial charge on any atom is 0.120 e. The molecule has 1 heterocycles. The van der Waals surface area contributed by atoms with Crippen LogP contribution in [-0.4, -0.2) is 16.0 Å². The number of aromatic nitrogens is 2. The van der Waals surface area contributed by atoms with E-state index in [1.807, 2.05) is 6.20 Å². The molecule has 3 heteroatoms. The first-order valence-electron chi connectivity index (χ1n) is 6.38. The van der Waals surface area contributed by atoms with Crippen LogP contribution in [0, 0.1) is 0 Å². The Morgan fingerprint density at radius 1 is 1.28 bits per heavy atom. The number of nitrogens with zero attached hydrogens (tertiary/aromatic N) is 1. The summed E-state index contributed by atoms with van der Waals surface area (Å²) in [5.41, 5.74) is 1.44. The maximum absolute atomic E-state index is 4.22. The van der Waals surface area contributed by atoms with Gasteiger partial charge in [0.2, 0.25) is 0 Å². The molecule has 96 valence electrons. The fraction of sp³-hybridized carbons (Fsp3) is 0.400. The van der Waals surface area contributed by atoms with Gasteiger partial charge in [0, 0.05) is 23.9 Å². The van der Waals surface area contributed by atoms with Crippen LogP contribution in [0.5, 0.6) is 0 Å². The summed E-state index contributed by atoms with van der Waals surface area (Å²) in [4.78, 5) is 7.34. The molecule has 0 aliphatic carbocycles. The fourth-order valence-electron chi connectivity index (χ4n) is 2.02. The van der Waals surface area contributed by atoms with Crippen molar-refractivity contribution >= 4 is 0 Å². The van der Waals surface area contributed by atoms with Gasteiger partial charge in [0.15, 0.2) is 0 Å². The van der Waals surface area contributed by atoms with Crippen molar-refractivity contribution in [1.82, 2.24) is 15.3 Å². The van der Waals surface area contributed by atoms with Gasteiger partial charge < -0.3 is 10.3 Å². The minimum atomic E-state index is 0.0911. The zero-order chi connectivity index (χ0) is 13.0. The molecule has 1 atom stereocenters. The average molecular weight is 243 g/mol. The third kappa shape index (κ3) is 2.79. The highest BCUT2D eigenvalue weighted by Gasteiger charge is 2.27. The Morgan fingerprint density at radius 2 is 2.00 bits per heavy atom. The number of imidazole rings is 1. The van der Waals surface area contributed by atoms with Gasteiger partial charge in [-0.05, 0) is 12.5 Å². The van der Waals surface area contributed by atoms with Gasteiger partial charge in [0.05, 0.1) is 6.54 Å². The highest BCUT2D eigenvalue weighted by molar-refractivity contribution is 5.25. The second-order valence-corrected chi connectivity index (χ2v) is 5.23. The lowest BCUT2D eigenvalue weighted by molar-refractivity contribution is 0.358. The summed E-state index contributed by atoms with van der Waals surface area (Å²) in [6.07, 6.45) is 3.63. The van der Waals surface area contributed by atoms with Crippen LogP contribution in [0.25, 0.3) is 0 Å². The van der Waals surface area contributed by atoms with Crippen LogP contribution >= 0.6 is 0 Å². The SMILES string of the molecule is CC(NCc1ncc[nH]1)C(C)(C)c1ccccc1. The minimum Gasteiger partial charge on any atom is -0.348 e. The van der Waals surface area contributed by atoms with E-state index in [0.29, 0.717) is 6.04 Å². The Morgan fingerprint density at radius 3 is 2.61 bits per heavy atom. The number of hydrogen-bond acceptors (Lipinski definition) is 2. The van der Waals surface area contributed by atoms with Crippen LogP contribution in [-0.2, 0) is 12.0 Å². The second-order valence-electron chi connectivity index (χ2n) is 5.23. The molecule has 0 radical (unpaired) electrons. The van der Waals surface area contributed by atoms with Crippen molar-refractivity contribution in [3.8, 4) is 0 Å². The maximum atomic E-state index is 4.22. The molecule has 0 saturated carbocycles. The highest BCUT2D eigenvalue weighted by atomic mass is 15.0. The lowest BCUT2D eigenvalue weighted by Gasteiger charge is -2.33. The van der Waals surface area contributed by atoms with E-state index in [-0.39, 0.29) is 5.41 Å². The number of hydrogen-bond donors (Lipinski definition) is 2. The van der Waals surface area contributed by atoms with E-state index in [1.54, 1.807) is 6.20 Å². The Kier molecular flexibility index (Phi) is 3.82. The van der Waals surface area contributed by atoms with Gasteiger partial charge in [-0.1, -0.05) is 44.2 Å². The molecule has 0 bridgehead atoms. The van der Waals surface area contributed by atoms with Crippen LogP contribution in [0.2, 0.25) is 0 Å². The first-order chi connectivity index (χ1) is 8.60. The van der Waals surface area contributed by atoms with Gasteiger partial charge in [0.1, 0.15) is 5.82 Å². The van der Waals surface area contributed by atoms with Crippen molar-refractivity contribution in [2.45, 2.75) is 38.8 Å². The van der Waals surface area contributed by atoms with Crippen molar-refractivity contribution in [3.05, 3.63) is 54.1 Å². The fourth-order valence-corrected chi connectivity index (χ4v) is 2.02. The monoisotopic (exact) mass is 243 g/mol. The molecule has 0 aliphatic rings. The van der Waals surface area contributed by atoms with Crippen LogP contribution in [0.15, 0.2) is 42.7 Å². The van der Waals surface area contributed by atoms with E-state index in [9.17, 15) is 0 Å². The number of aromatic amines is 1. The number of nitrogens with one attached hydrogen (secondary N) is 2. The largest absolute Gasteiger partial charge is 0.348 e. The van der Waals surface area contributed by atoms with E-state index in [0.717, 1.165) is 12.4 Å². The molecule has 18 heavy (non-hydrogen) atoms. The number of benzene rings is 1. The molecule has 2 N–H and O–H groups in total. The van der Waals surface area contributed by atoms with E-state index in [4.69, 9.17) is 0 Å². The summed E-state index contributed by atoms with van der Waals surface area (Å²) in [5.74, 6) is 0.978. The van der Waals surface area contributed by atoms with Gasteiger partial charge in [-0.3, -0.25) is 0 Å². The van der Waals surface area contributed by atoms with Crippen molar-refractivity contribution in [1.29, 1.82) is 0 Å². The van der Waals surface area contributed by atoms with Gasteiger partial charge in [-0.25, -0.2) is 4.98 Å². The second kappa shape index (κ2) is 5.36. The Labute approximate surface area is 109 Å². The Balaban J connectivity index is 2.01. The van der Waals surface area contributed by atoms with Crippen LogP contribution in [0.1, 0.15) is 32.2 Å². The normalized spacial score (nSPS) is 13.5. The first kappa shape index (κ1) is 12.8. The molecule has 1 aromatic carbocycles. The Hall–Kier alpha value is -1.61. The van der Waals surface area contributed by atoms with Crippen molar-refractivity contribution < 1.29 is 0 Å². The van der Waals surface area contributed by atoms with Crippen molar-refractivity contribution in [2.24, 2.45) is 0 Å². The summed E-state index contributed by atoms with van der Waals surface area (Å²) < 4.78 is 0. The smallest absolute Gasteiger partial charge is 0.120 e. The summed E-state index contributed by atoms with van der Waals surface area (Å²) in [6.45, 7) is 7.52. The molecule has 0 spiro atoms. The van der Waals surface area contributed by atoms with Gasteiger partial charge in [-0.2, -0.15) is 0 Å². The number of rotatable bonds is 5. The number of H-pyrrole nitrogens is 1. The molecule has 0 aliphatic heterocycles. The van der Waals surface area contributed by atoms with Gasteiger partial charge in [0.25, 0.3) is 0 Å². The summed E-state index contributed by atoms with van der Waals surface area (Å²) in [6, 6.07) is 11.0. The lowest BCUT2D eigenvalue weighted by Crippen LogP contribution is -2.42. The van der Waals surface area contributed by atoms with E-state index >= 15 is 0 Å². The van der Waals surface area contributed by atoms with E-state index < -0.39 is 0 Å². The lowest BCUT2D eigenvalue weighted by atomic mass is 9.78. The van der Waals surface area contributed by atoms with Gasteiger partial charge in [-0.15, -0.1) is 0 Å². The molecule has 2 rings (SSSR count). The Bertz CT molecular complexity index is 460. The van der Waals surface area contributed by atoms with Crippen LogP contribution in [0.3, 0.4) is 0 Å². The standard InChI is InChI=1S/C15H21N3/c1-12(18-11-14-16-9-10-17-14)15(2,3)13-7-5-4-6-8-13/h4-10,12,18H,11H2,1-3H3,(H,16,17). The van der Waals surface area contributed by atoms with Crippen molar-refractivity contribution in [2.75, 3.05) is 0 Å². The van der Waals surface area contributed by atoms with Crippen LogP contribution in [0.4, 0.5) is 0 Å². The predicted molar refractivity (Wildman–Crippen MR) is 74.4 cm³/mol. The summed E-state index contributed by atoms with van der Waals surface area (Å²) >= 11 is 0. The molecule has 1 unspecified atom stereocenters. The van der Waals surface area contributed by atoms with E-state index in [2.05, 4.69) is 66.4 Å². The third-order valence-electron chi connectivity index (χ3n) is 3.73. The molecular formula is C15H21N3.